The summed E-state index contributed by atoms with van der Waals surface area (Å²) in [4.78, 5) is 0. The molecule has 0 N–H and O–H groups in total. The molecular formula is C24H50O5S. The first-order valence-electron chi connectivity index (χ1n) is 11.7. The highest BCUT2D eigenvalue weighted by atomic mass is 32.2. The Bertz CT molecular complexity index is 374. The summed E-state index contributed by atoms with van der Waals surface area (Å²) in [5.74, 6) is 0.838. The maximum absolute atomic E-state index is 6.48. The van der Waals surface area contributed by atoms with Crippen molar-refractivity contribution in [1.82, 2.24) is 0 Å². The topological polar surface area (TPSA) is 46.2 Å². The molecule has 0 aromatic carbocycles. The monoisotopic (exact) mass is 450 g/mol. The average Bonchev–Trinajstić information content (AvgIpc) is 2.57. The zero-order valence-corrected chi connectivity index (χ0v) is 22.5. The van der Waals surface area contributed by atoms with Gasteiger partial charge in [-0.1, -0.05) is 13.8 Å². The predicted octanol–water partition coefficient (Wildman–Crippen LogP) is 5.73. The second-order valence-electron chi connectivity index (χ2n) is 9.51. The molecule has 4 unspecified atom stereocenters. The Morgan fingerprint density at radius 3 is 1.27 bits per heavy atom. The summed E-state index contributed by atoms with van der Waals surface area (Å²) in [6, 6.07) is 0. The molecule has 0 rings (SSSR count). The zero-order chi connectivity index (χ0) is 23.4. The summed E-state index contributed by atoms with van der Waals surface area (Å²) < 4.78 is 31.6. The Morgan fingerprint density at radius 2 is 0.900 bits per heavy atom. The van der Waals surface area contributed by atoms with E-state index in [0.29, 0.717) is 11.9 Å². The van der Waals surface area contributed by atoms with Gasteiger partial charge in [-0.15, -0.1) is 0 Å². The Morgan fingerprint density at radius 1 is 0.500 bits per heavy atom. The maximum Gasteiger partial charge on any atom is 0.115 e. The third-order valence-corrected chi connectivity index (χ3v) is 5.18. The lowest BCUT2D eigenvalue weighted by Gasteiger charge is -2.40. The Kier molecular flexibility index (Phi) is 16.0. The van der Waals surface area contributed by atoms with Crippen LogP contribution in [0.15, 0.2) is 0 Å². The third-order valence-electron chi connectivity index (χ3n) is 4.00. The molecule has 0 amide bonds. The van der Waals surface area contributed by atoms with Crippen molar-refractivity contribution >= 4 is 11.8 Å². The molecule has 0 heterocycles. The molecule has 0 aliphatic rings. The zero-order valence-electron chi connectivity index (χ0n) is 21.6. The van der Waals surface area contributed by atoms with Crippen LogP contribution in [-0.4, -0.2) is 72.5 Å². The third kappa shape index (κ3) is 14.3. The van der Waals surface area contributed by atoms with Crippen molar-refractivity contribution in [3.8, 4) is 0 Å². The second-order valence-corrected chi connectivity index (χ2v) is 11.1. The van der Waals surface area contributed by atoms with Crippen molar-refractivity contribution in [2.45, 2.75) is 143 Å². The van der Waals surface area contributed by atoms with Crippen LogP contribution in [0.1, 0.15) is 83.1 Å². The summed E-state index contributed by atoms with van der Waals surface area (Å²) in [5.41, 5.74) is 0. The van der Waals surface area contributed by atoms with E-state index < -0.39 is 0 Å². The number of hydrogen-bond donors (Lipinski definition) is 0. The summed E-state index contributed by atoms with van der Waals surface area (Å²) in [6.07, 6.45) is -0.585. The van der Waals surface area contributed by atoms with Gasteiger partial charge in [0, 0.05) is 5.75 Å². The van der Waals surface area contributed by atoms with Crippen LogP contribution in [0, 0.1) is 0 Å². The van der Waals surface area contributed by atoms with Gasteiger partial charge in [0.25, 0.3) is 0 Å². The van der Waals surface area contributed by atoms with E-state index in [1.165, 1.54) is 0 Å². The van der Waals surface area contributed by atoms with Crippen LogP contribution >= 0.6 is 11.8 Å². The number of hydrogen-bond acceptors (Lipinski definition) is 6. The van der Waals surface area contributed by atoms with Crippen LogP contribution in [0.4, 0.5) is 0 Å². The molecule has 0 aliphatic carbocycles. The van der Waals surface area contributed by atoms with Gasteiger partial charge >= 0.3 is 0 Å². The summed E-state index contributed by atoms with van der Waals surface area (Å²) in [5, 5.41) is 0.513. The quantitative estimate of drug-likeness (QED) is 0.282. The molecule has 5 nitrogen and oxygen atoms in total. The van der Waals surface area contributed by atoms with Crippen LogP contribution in [0.2, 0.25) is 0 Å². The van der Waals surface area contributed by atoms with Crippen molar-refractivity contribution in [2.24, 2.45) is 0 Å². The fraction of sp³-hybridized carbons (Fsp3) is 1.00. The largest absolute Gasteiger partial charge is 0.376 e. The van der Waals surface area contributed by atoms with Gasteiger partial charge in [0.05, 0.1) is 43.2 Å². The standard InChI is InChI=1S/C24H50O5S/c1-15(2)25-13-21(26-16(3)4)23(28-18(7)8)24(29-19(9)10)22(27-17(5)6)14-30-20(11)12/h15-24H,13-14H2,1-12H3. The number of thioether (sulfide) groups is 1. The van der Waals surface area contributed by atoms with Gasteiger partial charge in [0.15, 0.2) is 0 Å². The number of rotatable bonds is 17. The number of ether oxygens (including phenoxy) is 5. The van der Waals surface area contributed by atoms with E-state index in [0.717, 1.165) is 5.75 Å². The van der Waals surface area contributed by atoms with E-state index in [1.54, 1.807) is 0 Å². The minimum atomic E-state index is -0.301. The predicted molar refractivity (Wildman–Crippen MR) is 129 cm³/mol. The van der Waals surface area contributed by atoms with Crippen LogP contribution in [0.25, 0.3) is 0 Å². The van der Waals surface area contributed by atoms with Crippen molar-refractivity contribution in [1.29, 1.82) is 0 Å². The first kappa shape index (κ1) is 30.1. The SMILES string of the molecule is CC(C)OCC(OC(C)C)C(OC(C)C)C(OC(C)C)C(CSC(C)C)OC(C)C. The maximum atomic E-state index is 6.48. The van der Waals surface area contributed by atoms with Crippen molar-refractivity contribution in [3.05, 3.63) is 0 Å². The Labute approximate surface area is 191 Å². The van der Waals surface area contributed by atoms with Crippen LogP contribution < -0.4 is 0 Å². The van der Waals surface area contributed by atoms with Gasteiger partial charge in [-0.25, -0.2) is 0 Å². The first-order chi connectivity index (χ1) is 13.8. The molecule has 0 aromatic heterocycles. The Hall–Kier alpha value is 0.150. The molecule has 0 saturated heterocycles. The molecule has 0 saturated carbocycles. The van der Waals surface area contributed by atoms with Crippen LogP contribution in [-0.2, 0) is 23.7 Å². The summed E-state index contributed by atoms with van der Waals surface area (Å²) in [6.45, 7) is 25.4. The van der Waals surface area contributed by atoms with Crippen molar-refractivity contribution < 1.29 is 23.7 Å². The first-order valence-corrected chi connectivity index (χ1v) is 12.7. The lowest BCUT2D eigenvalue weighted by Crippen LogP contribution is -2.54. The van der Waals surface area contributed by atoms with Gasteiger partial charge in [0.1, 0.15) is 18.3 Å². The molecule has 0 fully saturated rings. The minimum absolute atomic E-state index is 0.0306. The molecule has 0 aromatic rings. The highest BCUT2D eigenvalue weighted by Gasteiger charge is 2.40. The molecule has 6 heteroatoms. The lowest BCUT2D eigenvalue weighted by atomic mass is 10.0. The van der Waals surface area contributed by atoms with Crippen LogP contribution in [0.3, 0.4) is 0 Å². The van der Waals surface area contributed by atoms with E-state index in [4.69, 9.17) is 23.7 Å². The smallest absolute Gasteiger partial charge is 0.115 e. The minimum Gasteiger partial charge on any atom is -0.376 e. The van der Waals surface area contributed by atoms with Crippen molar-refractivity contribution in [2.75, 3.05) is 12.4 Å². The van der Waals surface area contributed by atoms with Gasteiger partial charge < -0.3 is 23.7 Å². The van der Waals surface area contributed by atoms with Gasteiger partial charge in [-0.2, -0.15) is 11.8 Å². The van der Waals surface area contributed by atoms with Gasteiger partial charge in [-0.3, -0.25) is 0 Å². The van der Waals surface area contributed by atoms with E-state index in [9.17, 15) is 0 Å². The molecule has 30 heavy (non-hydrogen) atoms. The second kappa shape index (κ2) is 15.9. The average molecular weight is 451 g/mol. The molecule has 0 aliphatic heterocycles. The molecular weight excluding hydrogens is 400 g/mol. The van der Waals surface area contributed by atoms with Crippen molar-refractivity contribution in [3.63, 3.8) is 0 Å². The molecule has 0 radical (unpaired) electrons. The molecule has 0 spiro atoms. The summed E-state index contributed by atoms with van der Waals surface area (Å²) in [7, 11) is 0. The molecule has 182 valence electrons. The fourth-order valence-electron chi connectivity index (χ4n) is 3.08. The highest BCUT2D eigenvalue weighted by Crippen LogP contribution is 2.26. The highest BCUT2D eigenvalue weighted by molar-refractivity contribution is 7.99. The molecule has 4 atom stereocenters. The Balaban J connectivity index is 6.01. The van der Waals surface area contributed by atoms with Gasteiger partial charge in [-0.05, 0) is 74.5 Å². The van der Waals surface area contributed by atoms with E-state index in [2.05, 4.69) is 55.4 Å². The normalized spacial score (nSPS) is 17.0. The lowest BCUT2D eigenvalue weighted by molar-refractivity contribution is -0.215. The van der Waals surface area contributed by atoms with E-state index >= 15 is 0 Å². The summed E-state index contributed by atoms with van der Waals surface area (Å²) >= 11 is 1.88. The molecule has 0 bridgehead atoms. The van der Waals surface area contributed by atoms with E-state index in [-0.39, 0.29) is 54.9 Å². The fourth-order valence-corrected chi connectivity index (χ4v) is 3.92. The van der Waals surface area contributed by atoms with E-state index in [1.807, 2.05) is 39.5 Å². The van der Waals surface area contributed by atoms with Crippen LogP contribution in [0.5, 0.6) is 0 Å². The van der Waals surface area contributed by atoms with Gasteiger partial charge in [0.2, 0.25) is 0 Å².